The van der Waals surface area contributed by atoms with Crippen LogP contribution in [0.1, 0.15) is 23.2 Å². The minimum atomic E-state index is -4.21. The van der Waals surface area contributed by atoms with Crippen molar-refractivity contribution in [2.75, 3.05) is 12.0 Å². The Morgan fingerprint density at radius 1 is 1.44 bits per heavy atom. The zero-order valence-electron chi connectivity index (χ0n) is 9.42. The summed E-state index contributed by atoms with van der Waals surface area (Å²) in [5.74, 6) is 4.82. The van der Waals surface area contributed by atoms with Crippen LogP contribution in [-0.4, -0.2) is 23.6 Å². The van der Waals surface area contributed by atoms with Crippen molar-refractivity contribution in [2.24, 2.45) is 5.84 Å². The lowest BCUT2D eigenvalue weighted by atomic mass is 10.2. The van der Waals surface area contributed by atoms with Crippen molar-refractivity contribution in [1.29, 1.82) is 0 Å². The molecule has 0 saturated carbocycles. The van der Waals surface area contributed by atoms with Crippen molar-refractivity contribution in [2.45, 2.75) is 19.0 Å². The summed E-state index contributed by atoms with van der Waals surface area (Å²) < 4.78 is 35.6. The Morgan fingerprint density at radius 2 is 2.17 bits per heavy atom. The van der Waals surface area contributed by atoms with Gasteiger partial charge in [-0.15, -0.1) is 0 Å². The Bertz CT molecular complexity index is 408. The first-order valence-corrected chi connectivity index (χ1v) is 5.20. The van der Waals surface area contributed by atoms with E-state index in [1.54, 1.807) is 0 Å². The van der Waals surface area contributed by atoms with Crippen LogP contribution in [0.25, 0.3) is 0 Å². The Labute approximate surface area is 102 Å². The number of rotatable bonds is 5. The Morgan fingerprint density at radius 3 is 2.78 bits per heavy atom. The van der Waals surface area contributed by atoms with E-state index in [9.17, 15) is 18.0 Å². The number of nitrogens with zero attached hydrogens (tertiary/aromatic N) is 1. The maximum Gasteiger partial charge on any atom is 0.389 e. The molecule has 0 saturated heterocycles. The highest BCUT2D eigenvalue weighted by Gasteiger charge is 2.26. The number of pyridine rings is 1. The molecule has 0 fully saturated rings. The summed E-state index contributed by atoms with van der Waals surface area (Å²) in [6, 6.07) is 3.01. The molecule has 1 aromatic heterocycles. The van der Waals surface area contributed by atoms with Crippen LogP contribution < -0.4 is 16.6 Å². The first-order valence-electron chi connectivity index (χ1n) is 5.20. The lowest BCUT2D eigenvalue weighted by molar-refractivity contribution is -0.135. The number of hydrogen-bond acceptors (Lipinski definition) is 4. The van der Waals surface area contributed by atoms with Gasteiger partial charge in [-0.3, -0.25) is 4.79 Å². The standard InChI is InChI=1S/C10H13F3N4O/c11-10(12,13)4-2-6-16-9(18)7-3-1-5-15-8(7)17-14/h1,3,5H,2,4,6,14H2,(H,15,17)(H,16,18). The summed E-state index contributed by atoms with van der Waals surface area (Å²) in [7, 11) is 0. The molecule has 18 heavy (non-hydrogen) atoms. The lowest BCUT2D eigenvalue weighted by Crippen LogP contribution is -2.27. The number of alkyl halides is 3. The topological polar surface area (TPSA) is 80.0 Å². The average molecular weight is 262 g/mol. The van der Waals surface area contributed by atoms with Crippen LogP contribution in [0.2, 0.25) is 0 Å². The Kier molecular flexibility index (Phi) is 4.90. The van der Waals surface area contributed by atoms with Gasteiger partial charge in [0.25, 0.3) is 5.91 Å². The molecule has 0 aliphatic rings. The minimum absolute atomic E-state index is 0.0583. The van der Waals surface area contributed by atoms with E-state index >= 15 is 0 Å². The van der Waals surface area contributed by atoms with Gasteiger partial charge in [0.1, 0.15) is 0 Å². The number of hydrazine groups is 1. The second-order valence-corrected chi connectivity index (χ2v) is 3.52. The molecular formula is C10H13F3N4O. The predicted octanol–water partition coefficient (Wildman–Crippen LogP) is 1.44. The SMILES string of the molecule is NNc1ncccc1C(=O)NCCCC(F)(F)F. The van der Waals surface area contributed by atoms with Gasteiger partial charge in [0.15, 0.2) is 5.82 Å². The number of carbonyl (C=O) groups excluding carboxylic acids is 1. The number of anilines is 1. The second kappa shape index (κ2) is 6.20. The Balaban J connectivity index is 2.46. The maximum absolute atomic E-state index is 11.9. The van der Waals surface area contributed by atoms with E-state index in [1.165, 1.54) is 18.3 Å². The van der Waals surface area contributed by atoms with Crippen LogP contribution >= 0.6 is 0 Å². The third kappa shape index (κ3) is 4.58. The molecule has 4 N–H and O–H groups in total. The molecule has 0 unspecified atom stereocenters. The molecule has 5 nitrogen and oxygen atoms in total. The van der Waals surface area contributed by atoms with E-state index in [0.717, 1.165) is 0 Å². The summed E-state index contributed by atoms with van der Waals surface area (Å²) in [4.78, 5) is 15.4. The van der Waals surface area contributed by atoms with E-state index in [1.807, 2.05) is 0 Å². The van der Waals surface area contributed by atoms with Crippen molar-refractivity contribution in [1.82, 2.24) is 10.3 Å². The molecule has 0 aliphatic carbocycles. The summed E-state index contributed by atoms with van der Waals surface area (Å²) in [6.07, 6.45) is -3.86. The maximum atomic E-state index is 11.9. The summed E-state index contributed by atoms with van der Waals surface area (Å²) in [6.45, 7) is -0.0583. The number of carbonyl (C=O) groups is 1. The molecule has 8 heteroatoms. The first kappa shape index (κ1) is 14.2. The van der Waals surface area contributed by atoms with Gasteiger partial charge < -0.3 is 10.7 Å². The van der Waals surface area contributed by atoms with Crippen LogP contribution in [0.4, 0.5) is 19.0 Å². The predicted molar refractivity (Wildman–Crippen MR) is 59.7 cm³/mol. The highest BCUT2D eigenvalue weighted by Crippen LogP contribution is 2.20. The number of amides is 1. The fourth-order valence-corrected chi connectivity index (χ4v) is 1.29. The highest BCUT2D eigenvalue weighted by atomic mass is 19.4. The molecular weight excluding hydrogens is 249 g/mol. The van der Waals surface area contributed by atoms with E-state index in [0.29, 0.717) is 0 Å². The van der Waals surface area contributed by atoms with Crippen LogP contribution in [-0.2, 0) is 0 Å². The molecule has 100 valence electrons. The molecule has 0 aromatic carbocycles. The fraction of sp³-hybridized carbons (Fsp3) is 0.400. The quantitative estimate of drug-likeness (QED) is 0.426. The third-order valence-electron chi connectivity index (χ3n) is 2.11. The van der Waals surface area contributed by atoms with Gasteiger partial charge in [0, 0.05) is 19.2 Å². The second-order valence-electron chi connectivity index (χ2n) is 3.52. The van der Waals surface area contributed by atoms with E-state index in [4.69, 9.17) is 5.84 Å². The molecule has 0 aliphatic heterocycles. The molecule has 0 spiro atoms. The van der Waals surface area contributed by atoms with E-state index < -0.39 is 18.5 Å². The van der Waals surface area contributed by atoms with Gasteiger partial charge in [-0.2, -0.15) is 13.2 Å². The van der Waals surface area contributed by atoms with E-state index in [2.05, 4.69) is 15.7 Å². The molecule has 1 aromatic rings. The number of halogens is 3. The molecule has 0 bridgehead atoms. The zero-order valence-corrected chi connectivity index (χ0v) is 9.42. The van der Waals surface area contributed by atoms with Gasteiger partial charge in [0.2, 0.25) is 0 Å². The lowest BCUT2D eigenvalue weighted by Gasteiger charge is -2.09. The number of aromatic nitrogens is 1. The van der Waals surface area contributed by atoms with Crippen LogP contribution in [0, 0.1) is 0 Å². The number of nitrogens with two attached hydrogens (primary N) is 1. The molecule has 0 radical (unpaired) electrons. The molecule has 1 rings (SSSR count). The van der Waals surface area contributed by atoms with Crippen molar-refractivity contribution >= 4 is 11.7 Å². The van der Waals surface area contributed by atoms with Crippen LogP contribution in [0.15, 0.2) is 18.3 Å². The van der Waals surface area contributed by atoms with Crippen molar-refractivity contribution in [3.8, 4) is 0 Å². The molecule has 1 heterocycles. The summed E-state index contributed by atoms with van der Waals surface area (Å²) in [5, 5.41) is 2.37. The van der Waals surface area contributed by atoms with E-state index in [-0.39, 0.29) is 24.3 Å². The smallest absolute Gasteiger partial charge is 0.352 e. The summed E-state index contributed by atoms with van der Waals surface area (Å²) in [5.41, 5.74) is 2.43. The first-order chi connectivity index (χ1) is 8.44. The van der Waals surface area contributed by atoms with Crippen molar-refractivity contribution in [3.05, 3.63) is 23.9 Å². The minimum Gasteiger partial charge on any atom is -0.352 e. The summed E-state index contributed by atoms with van der Waals surface area (Å²) >= 11 is 0. The van der Waals surface area contributed by atoms with Gasteiger partial charge in [-0.05, 0) is 18.6 Å². The number of nitrogen functional groups attached to an aromatic ring is 1. The van der Waals surface area contributed by atoms with Crippen molar-refractivity contribution in [3.63, 3.8) is 0 Å². The zero-order chi connectivity index (χ0) is 13.6. The van der Waals surface area contributed by atoms with Crippen LogP contribution in [0.5, 0.6) is 0 Å². The Hall–Kier alpha value is -1.83. The fourth-order valence-electron chi connectivity index (χ4n) is 1.29. The van der Waals surface area contributed by atoms with Crippen molar-refractivity contribution < 1.29 is 18.0 Å². The monoisotopic (exact) mass is 262 g/mol. The van der Waals surface area contributed by atoms with Crippen LogP contribution in [0.3, 0.4) is 0 Å². The normalized spacial score (nSPS) is 11.1. The van der Waals surface area contributed by atoms with Gasteiger partial charge >= 0.3 is 6.18 Å². The van der Waals surface area contributed by atoms with Gasteiger partial charge in [0.05, 0.1) is 5.56 Å². The largest absolute Gasteiger partial charge is 0.389 e. The number of hydrogen-bond donors (Lipinski definition) is 3. The highest BCUT2D eigenvalue weighted by molar-refractivity contribution is 5.98. The van der Waals surface area contributed by atoms with Gasteiger partial charge in [-0.25, -0.2) is 10.8 Å². The molecule has 0 atom stereocenters. The van der Waals surface area contributed by atoms with Gasteiger partial charge in [-0.1, -0.05) is 0 Å². The average Bonchev–Trinajstić information content (AvgIpc) is 2.33. The number of nitrogens with one attached hydrogen (secondary N) is 2. The third-order valence-corrected chi connectivity index (χ3v) is 2.11. The molecule has 1 amide bonds.